The summed E-state index contributed by atoms with van der Waals surface area (Å²) >= 11 is 0. The highest BCUT2D eigenvalue weighted by Gasteiger charge is 2.22. The molecule has 0 aliphatic heterocycles. The number of nitrogens with one attached hydrogen (secondary N) is 1. The van der Waals surface area contributed by atoms with Crippen LogP contribution in [0.4, 0.5) is 5.69 Å². The highest BCUT2D eigenvalue weighted by Crippen LogP contribution is 2.20. The summed E-state index contributed by atoms with van der Waals surface area (Å²) in [5.74, 6) is -0.574. The zero-order chi connectivity index (χ0) is 15.6. The van der Waals surface area contributed by atoms with Gasteiger partial charge in [-0.1, -0.05) is 12.1 Å². The van der Waals surface area contributed by atoms with Crippen LogP contribution in [0.2, 0.25) is 0 Å². The molecule has 0 heterocycles. The van der Waals surface area contributed by atoms with Crippen molar-refractivity contribution in [2.24, 2.45) is 0 Å². The fraction of sp³-hybridized carbons (Fsp3) is 0.462. The van der Waals surface area contributed by atoms with Crippen LogP contribution in [-0.2, 0) is 14.9 Å². The third-order valence-corrected chi connectivity index (χ3v) is 3.70. The molecule has 6 nitrogen and oxygen atoms in total. The summed E-state index contributed by atoms with van der Waals surface area (Å²) in [4.78, 5) is 12.1. The maximum absolute atomic E-state index is 12.1. The molecule has 0 bridgehead atoms. The molecule has 1 aromatic carbocycles. The van der Waals surface area contributed by atoms with Crippen molar-refractivity contribution < 1.29 is 17.9 Å². The number of hydrogen-bond donors (Lipinski definition) is 1. The van der Waals surface area contributed by atoms with E-state index in [0.29, 0.717) is 0 Å². The Hall–Kier alpha value is -1.60. The predicted molar refractivity (Wildman–Crippen MR) is 77.8 cm³/mol. The van der Waals surface area contributed by atoms with E-state index in [2.05, 4.69) is 4.72 Å². The highest BCUT2D eigenvalue weighted by molar-refractivity contribution is 7.90. The van der Waals surface area contributed by atoms with E-state index in [1.165, 1.54) is 26.2 Å². The molecule has 0 amide bonds. The van der Waals surface area contributed by atoms with Crippen molar-refractivity contribution in [3.63, 3.8) is 0 Å². The Bertz CT molecular complexity index is 589. The second-order valence-corrected chi connectivity index (χ2v) is 7.32. The molecule has 1 rings (SSSR count). The summed E-state index contributed by atoms with van der Waals surface area (Å²) < 4.78 is 32.3. The summed E-state index contributed by atoms with van der Waals surface area (Å²) in [5, 5.41) is 0. The minimum absolute atomic E-state index is 0.174. The molecular weight excluding hydrogens is 280 g/mol. The minimum atomic E-state index is -3.68. The largest absolute Gasteiger partial charge is 0.456 e. The van der Waals surface area contributed by atoms with E-state index >= 15 is 0 Å². The van der Waals surface area contributed by atoms with Gasteiger partial charge in [-0.25, -0.2) is 4.79 Å². The van der Waals surface area contributed by atoms with E-state index in [-0.39, 0.29) is 11.3 Å². The number of rotatable bonds is 4. The fourth-order valence-corrected chi connectivity index (χ4v) is 1.95. The van der Waals surface area contributed by atoms with Gasteiger partial charge in [-0.05, 0) is 32.9 Å². The van der Waals surface area contributed by atoms with Crippen LogP contribution in [0.5, 0.6) is 0 Å². The van der Waals surface area contributed by atoms with Crippen LogP contribution in [0.1, 0.15) is 31.1 Å². The van der Waals surface area contributed by atoms with Crippen LogP contribution in [0.25, 0.3) is 0 Å². The summed E-state index contributed by atoms with van der Waals surface area (Å²) in [6.07, 6.45) is 0. The topological polar surface area (TPSA) is 75.7 Å². The lowest BCUT2D eigenvalue weighted by atomic mass is 10.1. The third-order valence-electron chi connectivity index (χ3n) is 2.27. The molecule has 0 saturated carbocycles. The molecule has 0 atom stereocenters. The molecule has 1 N–H and O–H groups in total. The van der Waals surface area contributed by atoms with Crippen molar-refractivity contribution in [1.82, 2.24) is 4.31 Å². The highest BCUT2D eigenvalue weighted by atomic mass is 32.2. The lowest BCUT2D eigenvalue weighted by Gasteiger charge is -2.21. The van der Waals surface area contributed by atoms with Gasteiger partial charge in [-0.3, -0.25) is 4.72 Å². The van der Waals surface area contributed by atoms with Crippen LogP contribution in [-0.4, -0.2) is 38.4 Å². The number of para-hydroxylation sites is 1. The fourth-order valence-electron chi connectivity index (χ4n) is 1.31. The van der Waals surface area contributed by atoms with E-state index < -0.39 is 21.8 Å². The van der Waals surface area contributed by atoms with Gasteiger partial charge in [0, 0.05) is 14.1 Å². The summed E-state index contributed by atoms with van der Waals surface area (Å²) in [6, 6.07) is 6.32. The Balaban J connectivity index is 3.09. The number of anilines is 1. The monoisotopic (exact) mass is 300 g/mol. The molecule has 1 aromatic rings. The van der Waals surface area contributed by atoms with Gasteiger partial charge in [0.25, 0.3) is 0 Å². The summed E-state index contributed by atoms with van der Waals surface area (Å²) in [7, 11) is -0.873. The molecule has 0 fully saturated rings. The normalized spacial score (nSPS) is 12.3. The minimum Gasteiger partial charge on any atom is -0.456 e. The molecule has 20 heavy (non-hydrogen) atoms. The quantitative estimate of drug-likeness (QED) is 0.861. The van der Waals surface area contributed by atoms with Gasteiger partial charge in [0.15, 0.2) is 0 Å². The Morgan fingerprint density at radius 1 is 1.20 bits per heavy atom. The van der Waals surface area contributed by atoms with Gasteiger partial charge in [0.1, 0.15) is 5.60 Å². The first kappa shape index (κ1) is 16.5. The number of carbonyl (C=O) groups excluding carboxylic acids is 1. The molecule has 0 spiro atoms. The Morgan fingerprint density at radius 2 is 1.75 bits per heavy atom. The number of esters is 1. The predicted octanol–water partition coefficient (Wildman–Crippen LogP) is 1.86. The lowest BCUT2D eigenvalue weighted by Crippen LogP contribution is -2.30. The van der Waals surface area contributed by atoms with Crippen LogP contribution >= 0.6 is 0 Å². The smallest absolute Gasteiger partial charge is 0.340 e. The number of benzene rings is 1. The average Bonchev–Trinajstić information content (AvgIpc) is 2.26. The number of hydrogen-bond acceptors (Lipinski definition) is 4. The standard InChI is InChI=1S/C13H20N2O4S/c1-13(2,3)19-12(16)10-8-6-7-9-11(10)14-20(17,18)15(4)5/h6-9,14H,1-5H3. The average molecular weight is 300 g/mol. The van der Waals surface area contributed by atoms with E-state index in [1.54, 1.807) is 32.9 Å². The van der Waals surface area contributed by atoms with Crippen molar-refractivity contribution in [2.75, 3.05) is 18.8 Å². The summed E-state index contributed by atoms with van der Waals surface area (Å²) in [6.45, 7) is 5.24. The van der Waals surface area contributed by atoms with E-state index in [9.17, 15) is 13.2 Å². The molecule has 112 valence electrons. The summed E-state index contributed by atoms with van der Waals surface area (Å²) in [5.41, 5.74) is -0.284. The molecule has 0 aromatic heterocycles. The Kier molecular flexibility index (Phi) is 4.77. The molecule has 0 radical (unpaired) electrons. The van der Waals surface area contributed by atoms with Crippen molar-refractivity contribution in [3.05, 3.63) is 29.8 Å². The van der Waals surface area contributed by atoms with Gasteiger partial charge < -0.3 is 4.74 Å². The third kappa shape index (κ3) is 4.50. The first-order valence-electron chi connectivity index (χ1n) is 6.05. The second kappa shape index (κ2) is 5.80. The van der Waals surface area contributed by atoms with E-state index in [1.807, 2.05) is 0 Å². The van der Waals surface area contributed by atoms with Crippen LogP contribution in [0, 0.1) is 0 Å². The molecule has 0 aliphatic rings. The van der Waals surface area contributed by atoms with Gasteiger partial charge in [-0.15, -0.1) is 0 Å². The Labute approximate surface area is 119 Å². The van der Waals surface area contributed by atoms with Gasteiger partial charge in [0.2, 0.25) is 0 Å². The molecule has 7 heteroatoms. The maximum Gasteiger partial charge on any atom is 0.340 e. The second-order valence-electron chi connectivity index (χ2n) is 5.44. The zero-order valence-corrected chi connectivity index (χ0v) is 13.1. The van der Waals surface area contributed by atoms with Gasteiger partial charge in [0.05, 0.1) is 11.3 Å². The first-order valence-corrected chi connectivity index (χ1v) is 7.49. The van der Waals surface area contributed by atoms with Crippen molar-refractivity contribution in [3.8, 4) is 0 Å². The van der Waals surface area contributed by atoms with E-state index in [0.717, 1.165) is 4.31 Å². The zero-order valence-electron chi connectivity index (χ0n) is 12.3. The van der Waals surface area contributed by atoms with Crippen molar-refractivity contribution >= 4 is 21.9 Å². The van der Waals surface area contributed by atoms with Crippen molar-refractivity contribution in [1.29, 1.82) is 0 Å². The van der Waals surface area contributed by atoms with Gasteiger partial charge in [-0.2, -0.15) is 12.7 Å². The number of carbonyl (C=O) groups is 1. The van der Waals surface area contributed by atoms with Gasteiger partial charge >= 0.3 is 16.2 Å². The Morgan fingerprint density at radius 3 is 2.25 bits per heavy atom. The van der Waals surface area contributed by atoms with Crippen LogP contribution in [0.15, 0.2) is 24.3 Å². The number of ether oxygens (including phenoxy) is 1. The van der Waals surface area contributed by atoms with Crippen LogP contribution in [0.3, 0.4) is 0 Å². The molecule has 0 unspecified atom stereocenters. The SMILES string of the molecule is CN(C)S(=O)(=O)Nc1ccccc1C(=O)OC(C)(C)C. The molecule has 0 saturated heterocycles. The first-order chi connectivity index (χ1) is 9.03. The van der Waals surface area contributed by atoms with Crippen molar-refractivity contribution in [2.45, 2.75) is 26.4 Å². The molecular formula is C13H20N2O4S. The maximum atomic E-state index is 12.1. The lowest BCUT2D eigenvalue weighted by molar-refractivity contribution is 0.00708. The van der Waals surface area contributed by atoms with Crippen LogP contribution < -0.4 is 4.72 Å². The van der Waals surface area contributed by atoms with E-state index in [4.69, 9.17) is 4.74 Å². The number of nitrogens with zero attached hydrogens (tertiary/aromatic N) is 1. The molecule has 0 aliphatic carbocycles.